The van der Waals surface area contributed by atoms with E-state index in [0.29, 0.717) is 5.56 Å². The van der Waals surface area contributed by atoms with Crippen LogP contribution in [-0.2, 0) is 6.42 Å². The maximum Gasteiger partial charge on any atom is 0.335 e. The molecule has 1 N–H and O–H groups in total. The Bertz CT molecular complexity index is 321. The number of rotatable bonds is 3. The lowest BCUT2D eigenvalue weighted by Crippen LogP contribution is -1.99. The van der Waals surface area contributed by atoms with Crippen LogP contribution in [0.4, 0.5) is 0 Å². The molecule has 0 heterocycles. The monoisotopic (exact) mass is 196 g/mol. The number of aryl methyl sites for hydroxylation is 2. The molecular formula is C10H12O2S. The van der Waals surface area contributed by atoms with Gasteiger partial charge in [-0.25, -0.2) is 4.79 Å². The van der Waals surface area contributed by atoms with E-state index in [4.69, 9.17) is 5.11 Å². The summed E-state index contributed by atoms with van der Waals surface area (Å²) in [5.41, 5.74) is 2.54. The predicted molar refractivity (Wildman–Crippen MR) is 55.7 cm³/mol. The standard InChI is InChI=1S/C10H12O2S/c1-7-2-3-9(10(11)12)6-8(7)4-5-13/h2-3,6,13H,4-5H2,1H3,(H,11,12). The number of hydrogen-bond donors (Lipinski definition) is 2. The Morgan fingerprint density at radius 3 is 2.77 bits per heavy atom. The number of benzene rings is 1. The number of carboxylic acid groups (broad SMARTS) is 1. The molecule has 0 spiro atoms. The second kappa shape index (κ2) is 4.33. The van der Waals surface area contributed by atoms with Gasteiger partial charge in [0.05, 0.1) is 5.56 Å². The highest BCUT2D eigenvalue weighted by Gasteiger charge is 2.04. The molecule has 0 aliphatic carbocycles. The van der Waals surface area contributed by atoms with Crippen LogP contribution in [0, 0.1) is 6.92 Å². The van der Waals surface area contributed by atoms with Gasteiger partial charge < -0.3 is 5.11 Å². The first kappa shape index (κ1) is 10.1. The maximum atomic E-state index is 10.6. The number of carbonyl (C=O) groups is 1. The third-order valence-electron chi connectivity index (χ3n) is 1.98. The molecular weight excluding hydrogens is 184 g/mol. The fourth-order valence-electron chi connectivity index (χ4n) is 1.19. The summed E-state index contributed by atoms with van der Waals surface area (Å²) in [5, 5.41) is 8.75. The van der Waals surface area contributed by atoms with E-state index < -0.39 is 5.97 Å². The van der Waals surface area contributed by atoms with E-state index in [1.54, 1.807) is 12.1 Å². The minimum Gasteiger partial charge on any atom is -0.478 e. The highest BCUT2D eigenvalue weighted by molar-refractivity contribution is 7.80. The van der Waals surface area contributed by atoms with Gasteiger partial charge in [0, 0.05) is 0 Å². The van der Waals surface area contributed by atoms with Crippen LogP contribution in [0.1, 0.15) is 21.5 Å². The number of hydrogen-bond acceptors (Lipinski definition) is 2. The van der Waals surface area contributed by atoms with Gasteiger partial charge in [-0.2, -0.15) is 12.6 Å². The number of aromatic carboxylic acids is 1. The van der Waals surface area contributed by atoms with Gasteiger partial charge in [-0.1, -0.05) is 6.07 Å². The average molecular weight is 196 g/mol. The highest BCUT2D eigenvalue weighted by atomic mass is 32.1. The van der Waals surface area contributed by atoms with Crippen molar-refractivity contribution in [3.63, 3.8) is 0 Å². The zero-order chi connectivity index (χ0) is 9.84. The van der Waals surface area contributed by atoms with Crippen molar-refractivity contribution in [2.24, 2.45) is 0 Å². The zero-order valence-corrected chi connectivity index (χ0v) is 8.34. The van der Waals surface area contributed by atoms with Crippen molar-refractivity contribution in [2.75, 3.05) is 5.75 Å². The Morgan fingerprint density at radius 2 is 2.23 bits per heavy atom. The summed E-state index contributed by atoms with van der Waals surface area (Å²) in [7, 11) is 0. The first-order valence-corrected chi connectivity index (χ1v) is 4.72. The molecule has 70 valence electrons. The van der Waals surface area contributed by atoms with Crippen LogP contribution in [0.5, 0.6) is 0 Å². The summed E-state index contributed by atoms with van der Waals surface area (Å²) in [5.74, 6) is -0.135. The van der Waals surface area contributed by atoms with E-state index in [1.165, 1.54) is 0 Å². The lowest BCUT2D eigenvalue weighted by atomic mass is 10.0. The molecule has 1 aromatic rings. The second-order valence-electron chi connectivity index (χ2n) is 2.92. The minimum atomic E-state index is -0.875. The van der Waals surface area contributed by atoms with Crippen LogP contribution < -0.4 is 0 Å². The van der Waals surface area contributed by atoms with Gasteiger partial charge in [-0.15, -0.1) is 0 Å². The summed E-state index contributed by atoms with van der Waals surface area (Å²) in [6, 6.07) is 5.18. The smallest absolute Gasteiger partial charge is 0.335 e. The summed E-state index contributed by atoms with van der Waals surface area (Å²) in [6.45, 7) is 1.98. The third-order valence-corrected chi connectivity index (χ3v) is 2.20. The Morgan fingerprint density at radius 1 is 1.54 bits per heavy atom. The molecule has 3 heteroatoms. The first-order chi connectivity index (χ1) is 6.15. The van der Waals surface area contributed by atoms with E-state index in [9.17, 15) is 4.79 Å². The van der Waals surface area contributed by atoms with Crippen molar-refractivity contribution in [3.05, 3.63) is 34.9 Å². The summed E-state index contributed by atoms with van der Waals surface area (Å²) in [6.07, 6.45) is 0.816. The van der Waals surface area contributed by atoms with Crippen LogP contribution in [0.15, 0.2) is 18.2 Å². The molecule has 0 bridgehead atoms. The van der Waals surface area contributed by atoms with E-state index in [0.717, 1.165) is 23.3 Å². The van der Waals surface area contributed by atoms with Gasteiger partial charge >= 0.3 is 5.97 Å². The molecule has 0 aliphatic rings. The van der Waals surface area contributed by atoms with Gasteiger partial charge in [0.2, 0.25) is 0 Å². The Hall–Kier alpha value is -0.960. The van der Waals surface area contributed by atoms with Crippen LogP contribution in [0.3, 0.4) is 0 Å². The van der Waals surface area contributed by atoms with Crippen molar-refractivity contribution in [1.82, 2.24) is 0 Å². The molecule has 0 aromatic heterocycles. The normalized spacial score (nSPS) is 10.0. The molecule has 0 aliphatic heterocycles. The zero-order valence-electron chi connectivity index (χ0n) is 7.45. The fourth-order valence-corrected chi connectivity index (χ4v) is 1.44. The lowest BCUT2D eigenvalue weighted by Gasteiger charge is -2.04. The number of thiol groups is 1. The molecule has 1 aromatic carbocycles. The van der Waals surface area contributed by atoms with E-state index in [2.05, 4.69) is 12.6 Å². The van der Waals surface area contributed by atoms with Crippen molar-refractivity contribution >= 4 is 18.6 Å². The molecule has 0 amide bonds. The molecule has 2 nitrogen and oxygen atoms in total. The molecule has 1 rings (SSSR count). The van der Waals surface area contributed by atoms with Crippen molar-refractivity contribution < 1.29 is 9.90 Å². The van der Waals surface area contributed by atoms with Crippen molar-refractivity contribution in [1.29, 1.82) is 0 Å². The second-order valence-corrected chi connectivity index (χ2v) is 3.37. The van der Waals surface area contributed by atoms with Gasteiger partial charge in [-0.05, 0) is 42.4 Å². The van der Waals surface area contributed by atoms with E-state index in [-0.39, 0.29) is 0 Å². The molecule has 0 radical (unpaired) electrons. The van der Waals surface area contributed by atoms with E-state index >= 15 is 0 Å². The maximum absolute atomic E-state index is 10.6. The van der Waals surface area contributed by atoms with Gasteiger partial charge in [0.15, 0.2) is 0 Å². The quantitative estimate of drug-likeness (QED) is 0.727. The average Bonchev–Trinajstić information content (AvgIpc) is 2.08. The SMILES string of the molecule is Cc1ccc(C(=O)O)cc1CCS. The van der Waals surface area contributed by atoms with Crippen LogP contribution in [0.2, 0.25) is 0 Å². The summed E-state index contributed by atoms with van der Waals surface area (Å²) in [4.78, 5) is 10.6. The highest BCUT2D eigenvalue weighted by Crippen LogP contribution is 2.12. The molecule has 0 unspecified atom stereocenters. The first-order valence-electron chi connectivity index (χ1n) is 4.09. The molecule has 0 saturated heterocycles. The van der Waals surface area contributed by atoms with Gasteiger partial charge in [-0.3, -0.25) is 0 Å². The topological polar surface area (TPSA) is 37.3 Å². The molecule has 0 fully saturated rings. The Kier molecular flexibility index (Phi) is 3.37. The molecule has 13 heavy (non-hydrogen) atoms. The fraction of sp³-hybridized carbons (Fsp3) is 0.300. The lowest BCUT2D eigenvalue weighted by molar-refractivity contribution is 0.0697. The van der Waals surface area contributed by atoms with E-state index in [1.807, 2.05) is 13.0 Å². The van der Waals surface area contributed by atoms with Gasteiger partial charge in [0.25, 0.3) is 0 Å². The third kappa shape index (κ3) is 2.49. The largest absolute Gasteiger partial charge is 0.478 e. The van der Waals surface area contributed by atoms with Crippen LogP contribution in [-0.4, -0.2) is 16.8 Å². The Labute approximate surface area is 83.0 Å². The molecule has 0 atom stereocenters. The predicted octanol–water partition coefficient (Wildman–Crippen LogP) is 2.17. The Balaban J connectivity index is 3.03. The summed E-state index contributed by atoms with van der Waals surface area (Å²) < 4.78 is 0. The van der Waals surface area contributed by atoms with Crippen molar-refractivity contribution in [3.8, 4) is 0 Å². The summed E-state index contributed by atoms with van der Waals surface area (Å²) >= 11 is 4.12. The van der Waals surface area contributed by atoms with Crippen LogP contribution >= 0.6 is 12.6 Å². The minimum absolute atomic E-state index is 0.349. The number of carboxylic acids is 1. The van der Waals surface area contributed by atoms with Gasteiger partial charge in [0.1, 0.15) is 0 Å². The van der Waals surface area contributed by atoms with Crippen LogP contribution in [0.25, 0.3) is 0 Å². The van der Waals surface area contributed by atoms with Crippen molar-refractivity contribution in [2.45, 2.75) is 13.3 Å². The molecule has 0 saturated carbocycles.